The van der Waals surface area contributed by atoms with Crippen LogP contribution in [0.5, 0.6) is 0 Å². The summed E-state index contributed by atoms with van der Waals surface area (Å²) >= 11 is 0. The van der Waals surface area contributed by atoms with E-state index in [0.29, 0.717) is 23.0 Å². The summed E-state index contributed by atoms with van der Waals surface area (Å²) < 4.78 is 0. The van der Waals surface area contributed by atoms with Gasteiger partial charge in [0.2, 0.25) is 0 Å². The molecule has 0 radical (unpaired) electrons. The second kappa shape index (κ2) is 14.5. The highest BCUT2D eigenvalue weighted by atomic mass is 15.1. The van der Waals surface area contributed by atoms with Gasteiger partial charge in [-0.05, 0) is 171 Å². The summed E-state index contributed by atoms with van der Waals surface area (Å²) in [6.07, 6.45) is 6.87. The molecule has 6 aliphatic rings. The van der Waals surface area contributed by atoms with Crippen molar-refractivity contribution in [2.24, 2.45) is 23.7 Å². The third-order valence-electron chi connectivity index (χ3n) is 16.7. The van der Waals surface area contributed by atoms with Gasteiger partial charge < -0.3 is 4.90 Å². The number of nitriles is 2. The number of anilines is 3. The Bertz CT molecular complexity index is 3330. The van der Waals surface area contributed by atoms with Crippen molar-refractivity contribution >= 4 is 17.1 Å². The van der Waals surface area contributed by atoms with Gasteiger partial charge in [0.15, 0.2) is 0 Å². The minimum Gasteiger partial charge on any atom is -0.309 e. The molecule has 4 fully saturated rings. The largest absolute Gasteiger partial charge is 0.309 e. The maximum atomic E-state index is 9.72. The van der Waals surface area contributed by atoms with Crippen LogP contribution >= 0.6 is 0 Å². The van der Waals surface area contributed by atoms with E-state index < -0.39 is 0 Å². The van der Waals surface area contributed by atoms with Crippen molar-refractivity contribution in [3.63, 3.8) is 0 Å². The molecule has 3 heteroatoms. The van der Waals surface area contributed by atoms with Gasteiger partial charge in [0.05, 0.1) is 34.6 Å². The number of hydrogen-bond donors (Lipinski definition) is 0. The Balaban J connectivity index is 1.06. The van der Waals surface area contributed by atoms with E-state index in [0.717, 1.165) is 45.6 Å². The first kappa shape index (κ1) is 39.0. The first-order valence-electron chi connectivity index (χ1n) is 23.9. The molecule has 1 spiro atoms. The Labute approximate surface area is 388 Å². The van der Waals surface area contributed by atoms with E-state index in [4.69, 9.17) is 0 Å². The van der Waals surface area contributed by atoms with Crippen LogP contribution in [0.25, 0.3) is 55.6 Å². The molecule has 8 aromatic rings. The third-order valence-corrected chi connectivity index (χ3v) is 16.7. The molecule has 4 saturated carbocycles. The number of benzene rings is 8. The van der Waals surface area contributed by atoms with E-state index in [-0.39, 0.29) is 10.8 Å². The fraction of sp³-hybridized carbons (Fsp3) is 0.206. The maximum Gasteiger partial charge on any atom is 0.0991 e. The summed E-state index contributed by atoms with van der Waals surface area (Å²) in [5.74, 6) is 3.15. The van der Waals surface area contributed by atoms with Gasteiger partial charge in [0.25, 0.3) is 0 Å². The molecule has 0 unspecified atom stereocenters. The molecule has 14 rings (SSSR count). The monoisotopic (exact) mass is 847 g/mol. The van der Waals surface area contributed by atoms with Crippen LogP contribution in [-0.4, -0.2) is 0 Å². The second-order valence-electron chi connectivity index (χ2n) is 20.3. The van der Waals surface area contributed by atoms with Crippen LogP contribution in [0.1, 0.15) is 79.3 Å². The molecule has 0 heterocycles. The average Bonchev–Trinajstić information content (AvgIpc) is 3.80. The molecule has 6 aliphatic carbocycles. The zero-order valence-corrected chi connectivity index (χ0v) is 37.4. The zero-order valence-electron chi connectivity index (χ0n) is 37.4. The molecular weight excluding hydrogens is 799 g/mol. The highest BCUT2D eigenvalue weighted by molar-refractivity contribution is 6.03. The van der Waals surface area contributed by atoms with Crippen molar-refractivity contribution in [2.75, 3.05) is 4.90 Å². The Morgan fingerprint density at radius 2 is 0.939 bits per heavy atom. The smallest absolute Gasteiger partial charge is 0.0991 e. The second-order valence-corrected chi connectivity index (χ2v) is 20.3. The summed E-state index contributed by atoms with van der Waals surface area (Å²) in [6, 6.07) is 69.0. The van der Waals surface area contributed by atoms with Gasteiger partial charge in [-0.1, -0.05) is 141 Å². The fourth-order valence-electron chi connectivity index (χ4n) is 14.3. The van der Waals surface area contributed by atoms with Crippen molar-refractivity contribution in [3.05, 3.63) is 209 Å². The normalized spacial score (nSPS) is 21.9. The van der Waals surface area contributed by atoms with Crippen LogP contribution in [0.4, 0.5) is 17.1 Å². The van der Waals surface area contributed by atoms with Crippen molar-refractivity contribution < 1.29 is 0 Å². The van der Waals surface area contributed by atoms with E-state index in [1.165, 1.54) is 82.2 Å². The lowest BCUT2D eigenvalue weighted by Crippen LogP contribution is -2.55. The minimum absolute atomic E-state index is 0.0721. The highest BCUT2D eigenvalue weighted by Gasteiger charge is 2.61. The molecule has 8 aromatic carbocycles. The van der Waals surface area contributed by atoms with E-state index >= 15 is 0 Å². The lowest BCUT2D eigenvalue weighted by atomic mass is 9.43. The molecule has 0 N–H and O–H groups in total. The van der Waals surface area contributed by atoms with Crippen molar-refractivity contribution in [2.45, 2.75) is 56.8 Å². The minimum atomic E-state index is -0.299. The molecule has 0 amide bonds. The van der Waals surface area contributed by atoms with Crippen LogP contribution in [0.3, 0.4) is 0 Å². The Hall–Kier alpha value is -7.46. The van der Waals surface area contributed by atoms with Crippen LogP contribution < -0.4 is 4.90 Å². The average molecular weight is 848 g/mol. The molecule has 0 aromatic heterocycles. The molecule has 0 saturated heterocycles. The van der Waals surface area contributed by atoms with Crippen molar-refractivity contribution in [1.29, 1.82) is 10.5 Å². The van der Waals surface area contributed by atoms with E-state index in [2.05, 4.69) is 170 Å². The Kier molecular flexibility index (Phi) is 8.57. The number of para-hydroxylation sites is 1. The summed E-state index contributed by atoms with van der Waals surface area (Å²) in [5, 5.41) is 19.3. The number of hydrogen-bond acceptors (Lipinski definition) is 3. The third kappa shape index (κ3) is 5.47. The van der Waals surface area contributed by atoms with Gasteiger partial charge in [0.1, 0.15) is 0 Å². The number of rotatable bonds is 6. The highest BCUT2D eigenvalue weighted by Crippen LogP contribution is 2.70. The SMILES string of the molecule is CC1(C)c2ccccc2-c2c(N(c3ccc(-c4ccc(C#N)cc4)cc3)c3ccccc3-c3cccc4c3-c3ccccc3C43C4CC5CC(C4)CC3C5)ccc(-c3ccc(C#N)cc3)c21. The van der Waals surface area contributed by atoms with Gasteiger partial charge in [0, 0.05) is 27.6 Å². The van der Waals surface area contributed by atoms with Gasteiger partial charge in [-0.2, -0.15) is 10.5 Å². The standard InChI is InChI=1S/C63H49N3/c1-62(2)54-14-6-3-11-52(54)60-58(31-30-49(61(60)62)45-24-20-40(38-65)21-25-45)66(48-28-26-44(27-29-48)43-22-18-39(37-64)19-23-43)57-17-8-5-10-50(57)51-13-9-16-56-59(51)53-12-4-7-15-55(53)63(56)46-33-41-32-42(35-46)36-47(63)34-41/h3-31,41-42,46-47H,32-36H2,1-2H3. The van der Waals surface area contributed by atoms with Gasteiger partial charge in [-0.25, -0.2) is 0 Å². The molecule has 316 valence electrons. The molecule has 0 aliphatic heterocycles. The summed E-state index contributed by atoms with van der Waals surface area (Å²) in [7, 11) is 0. The Morgan fingerprint density at radius 1 is 0.424 bits per heavy atom. The molecule has 4 bridgehead atoms. The number of nitrogens with zero attached hydrogens (tertiary/aromatic N) is 3. The lowest BCUT2D eigenvalue weighted by Gasteiger charge is -2.61. The summed E-state index contributed by atoms with van der Waals surface area (Å²) in [6.45, 7) is 4.73. The van der Waals surface area contributed by atoms with E-state index in [9.17, 15) is 10.5 Å². The quantitative estimate of drug-likeness (QED) is 0.167. The van der Waals surface area contributed by atoms with Crippen LogP contribution in [0.15, 0.2) is 176 Å². The topological polar surface area (TPSA) is 50.8 Å². The van der Waals surface area contributed by atoms with E-state index in [1.54, 1.807) is 11.1 Å². The summed E-state index contributed by atoms with van der Waals surface area (Å²) in [5.41, 5.74) is 22.5. The summed E-state index contributed by atoms with van der Waals surface area (Å²) in [4.78, 5) is 2.52. The first-order chi connectivity index (χ1) is 32.4. The van der Waals surface area contributed by atoms with Crippen LogP contribution in [-0.2, 0) is 10.8 Å². The molecular formula is C63H49N3. The van der Waals surface area contributed by atoms with Crippen LogP contribution in [0, 0.1) is 46.3 Å². The van der Waals surface area contributed by atoms with Gasteiger partial charge >= 0.3 is 0 Å². The zero-order chi connectivity index (χ0) is 44.3. The van der Waals surface area contributed by atoms with E-state index in [1.807, 2.05) is 36.4 Å². The molecule has 3 nitrogen and oxygen atoms in total. The first-order valence-corrected chi connectivity index (χ1v) is 23.9. The van der Waals surface area contributed by atoms with Gasteiger partial charge in [-0.15, -0.1) is 0 Å². The fourth-order valence-corrected chi connectivity index (χ4v) is 14.3. The lowest BCUT2D eigenvalue weighted by molar-refractivity contribution is -0.0399. The predicted octanol–water partition coefficient (Wildman–Crippen LogP) is 15.9. The van der Waals surface area contributed by atoms with Crippen LogP contribution in [0.2, 0.25) is 0 Å². The van der Waals surface area contributed by atoms with Crippen molar-refractivity contribution in [1.82, 2.24) is 0 Å². The molecule has 66 heavy (non-hydrogen) atoms. The number of fused-ring (bicyclic) bond motifs is 6. The maximum absolute atomic E-state index is 9.72. The van der Waals surface area contributed by atoms with Crippen molar-refractivity contribution in [3.8, 4) is 67.8 Å². The van der Waals surface area contributed by atoms with Gasteiger partial charge in [-0.3, -0.25) is 0 Å². The predicted molar refractivity (Wildman–Crippen MR) is 268 cm³/mol. The molecule has 0 atom stereocenters. The Morgan fingerprint density at radius 3 is 1.58 bits per heavy atom.